The first-order chi connectivity index (χ1) is 18.6. The summed E-state index contributed by atoms with van der Waals surface area (Å²) in [6.45, 7) is 22.8. The minimum atomic E-state index is -2.25. The third kappa shape index (κ3) is 15.7. The van der Waals surface area contributed by atoms with E-state index in [1.807, 2.05) is 32.9 Å². The number of unbranched alkanes of at least 4 members (excludes halogenated alkanes) is 6. The molecule has 0 fully saturated rings. The molecule has 0 saturated carbocycles. The standard InChI is InChI=1S/C33H64O6Si/c1-12-13-17-21-30(37-28(8)34)31(39-40(25(2)3,26(4)5)27(6)7)24-23-29(35)20-18-15-14-16-19-22-32(36)38-33(9,10)11/h23-27,29-31,35H,12-22H2,1-11H3/t29-,30+,31-/m1/s1. The van der Waals surface area contributed by atoms with Crippen molar-refractivity contribution in [1.82, 2.24) is 0 Å². The molecular weight excluding hydrogens is 520 g/mol. The first kappa shape index (κ1) is 38.8. The molecule has 0 bridgehead atoms. The van der Waals surface area contributed by atoms with Gasteiger partial charge in [0, 0.05) is 13.3 Å². The van der Waals surface area contributed by atoms with Gasteiger partial charge in [-0.05, 0) is 63.1 Å². The molecule has 0 aliphatic heterocycles. The van der Waals surface area contributed by atoms with Crippen LogP contribution < -0.4 is 0 Å². The maximum Gasteiger partial charge on any atom is 0.306 e. The van der Waals surface area contributed by atoms with Crippen LogP contribution in [0.2, 0.25) is 16.6 Å². The summed E-state index contributed by atoms with van der Waals surface area (Å²) in [5, 5.41) is 10.8. The van der Waals surface area contributed by atoms with E-state index >= 15 is 0 Å². The van der Waals surface area contributed by atoms with Crippen LogP contribution in [0.15, 0.2) is 12.2 Å². The number of carbonyl (C=O) groups is 2. The van der Waals surface area contributed by atoms with Crippen LogP contribution in [0.5, 0.6) is 0 Å². The van der Waals surface area contributed by atoms with Gasteiger partial charge in [0.25, 0.3) is 0 Å². The summed E-state index contributed by atoms with van der Waals surface area (Å²) in [4.78, 5) is 23.9. The lowest BCUT2D eigenvalue weighted by atomic mass is 10.0. The topological polar surface area (TPSA) is 82.1 Å². The summed E-state index contributed by atoms with van der Waals surface area (Å²) in [5.74, 6) is -0.423. The second kappa shape index (κ2) is 19.9. The van der Waals surface area contributed by atoms with Crippen molar-refractivity contribution in [1.29, 1.82) is 0 Å². The van der Waals surface area contributed by atoms with Crippen molar-refractivity contribution in [2.75, 3.05) is 0 Å². The van der Waals surface area contributed by atoms with Crippen molar-refractivity contribution < 1.29 is 28.6 Å². The minimum absolute atomic E-state index is 0.133. The van der Waals surface area contributed by atoms with Gasteiger partial charge >= 0.3 is 11.9 Å². The zero-order chi connectivity index (χ0) is 30.9. The highest BCUT2D eigenvalue weighted by Gasteiger charge is 2.47. The van der Waals surface area contributed by atoms with Gasteiger partial charge in [-0.3, -0.25) is 9.59 Å². The van der Waals surface area contributed by atoms with Gasteiger partial charge in [0.1, 0.15) is 17.8 Å². The van der Waals surface area contributed by atoms with Gasteiger partial charge in [-0.2, -0.15) is 0 Å². The van der Waals surface area contributed by atoms with Crippen LogP contribution in [0.25, 0.3) is 0 Å². The Morgan fingerprint density at radius 3 is 1.82 bits per heavy atom. The number of carbonyl (C=O) groups excluding carboxylic acids is 2. The van der Waals surface area contributed by atoms with Crippen LogP contribution in [-0.2, 0) is 23.5 Å². The predicted molar refractivity (Wildman–Crippen MR) is 169 cm³/mol. The van der Waals surface area contributed by atoms with E-state index in [2.05, 4.69) is 48.5 Å². The number of hydrogen-bond acceptors (Lipinski definition) is 6. The molecule has 0 aromatic heterocycles. The summed E-state index contributed by atoms with van der Waals surface area (Å²) in [6.07, 6.45) is 12.3. The van der Waals surface area contributed by atoms with Crippen molar-refractivity contribution >= 4 is 20.3 Å². The first-order valence-electron chi connectivity index (χ1n) is 16.0. The molecule has 0 aromatic carbocycles. The lowest BCUT2D eigenvalue weighted by Crippen LogP contribution is -2.52. The van der Waals surface area contributed by atoms with Crippen LogP contribution in [0.4, 0.5) is 0 Å². The van der Waals surface area contributed by atoms with Gasteiger partial charge < -0.3 is 19.0 Å². The highest BCUT2D eigenvalue weighted by molar-refractivity contribution is 6.77. The van der Waals surface area contributed by atoms with Gasteiger partial charge in [0.05, 0.1) is 6.10 Å². The van der Waals surface area contributed by atoms with Crippen LogP contribution in [0.1, 0.15) is 147 Å². The fraction of sp³-hybridized carbons (Fsp3) is 0.879. The summed E-state index contributed by atoms with van der Waals surface area (Å²) >= 11 is 0. The lowest BCUT2D eigenvalue weighted by molar-refractivity contribution is -0.155. The Bertz CT molecular complexity index is 703. The van der Waals surface area contributed by atoms with Crippen LogP contribution in [-0.4, -0.2) is 49.3 Å². The molecule has 0 aromatic rings. The predicted octanol–water partition coefficient (Wildman–Crippen LogP) is 9.05. The summed E-state index contributed by atoms with van der Waals surface area (Å²) in [5.41, 5.74) is 0.771. The van der Waals surface area contributed by atoms with E-state index in [1.165, 1.54) is 6.92 Å². The smallest absolute Gasteiger partial charge is 0.306 e. The van der Waals surface area contributed by atoms with Crippen LogP contribution in [0, 0.1) is 0 Å². The third-order valence-corrected chi connectivity index (χ3v) is 13.7. The van der Waals surface area contributed by atoms with E-state index in [0.29, 0.717) is 29.5 Å². The molecule has 3 atom stereocenters. The Morgan fingerprint density at radius 1 is 0.800 bits per heavy atom. The van der Waals surface area contributed by atoms with E-state index < -0.39 is 20.0 Å². The van der Waals surface area contributed by atoms with E-state index in [9.17, 15) is 14.7 Å². The average Bonchev–Trinajstić information content (AvgIpc) is 2.81. The van der Waals surface area contributed by atoms with Crippen molar-refractivity contribution in [2.45, 2.75) is 187 Å². The quantitative estimate of drug-likeness (QED) is 0.0627. The van der Waals surface area contributed by atoms with E-state index in [1.54, 1.807) is 0 Å². The first-order valence-corrected chi connectivity index (χ1v) is 18.1. The summed E-state index contributed by atoms with van der Waals surface area (Å²) < 4.78 is 18.3. The van der Waals surface area contributed by atoms with Gasteiger partial charge in [0.2, 0.25) is 8.32 Å². The largest absolute Gasteiger partial charge is 0.460 e. The average molecular weight is 585 g/mol. The van der Waals surface area contributed by atoms with Crippen LogP contribution in [0.3, 0.4) is 0 Å². The molecule has 40 heavy (non-hydrogen) atoms. The highest BCUT2D eigenvalue weighted by atomic mass is 28.4. The molecule has 0 amide bonds. The molecule has 0 aliphatic carbocycles. The Hall–Kier alpha value is -1.18. The molecule has 236 valence electrons. The lowest BCUT2D eigenvalue weighted by Gasteiger charge is -2.45. The molecule has 6 nitrogen and oxygen atoms in total. The number of rotatable bonds is 21. The van der Waals surface area contributed by atoms with Crippen molar-refractivity contribution in [2.24, 2.45) is 0 Å². The number of ether oxygens (including phenoxy) is 2. The number of esters is 2. The Morgan fingerprint density at radius 2 is 1.32 bits per heavy atom. The molecule has 0 spiro atoms. The Balaban J connectivity index is 5.29. The van der Waals surface area contributed by atoms with Crippen molar-refractivity contribution in [3.8, 4) is 0 Å². The molecule has 7 heteroatoms. The van der Waals surface area contributed by atoms with E-state index in [4.69, 9.17) is 13.9 Å². The zero-order valence-electron chi connectivity index (χ0n) is 27.9. The minimum Gasteiger partial charge on any atom is -0.460 e. The maximum absolute atomic E-state index is 12.1. The van der Waals surface area contributed by atoms with Crippen molar-refractivity contribution in [3.63, 3.8) is 0 Å². The Labute approximate surface area is 248 Å². The molecule has 1 N–H and O–H groups in total. The van der Waals surface area contributed by atoms with Gasteiger partial charge in [-0.1, -0.05) is 99.1 Å². The number of aliphatic hydroxyl groups is 1. The number of hydrogen-bond donors (Lipinski definition) is 1. The zero-order valence-corrected chi connectivity index (χ0v) is 28.9. The second-order valence-corrected chi connectivity index (χ2v) is 18.8. The Kier molecular flexibility index (Phi) is 19.3. The SMILES string of the molecule is CCCCC[C@H](OC(C)=O)[C@@H](C=C[C@H](O)CCCCCCCC(=O)OC(C)(C)C)O[Si](C(C)C)(C(C)C)C(C)C. The normalized spacial score (nSPS) is 15.2. The molecule has 0 radical (unpaired) electrons. The monoisotopic (exact) mass is 584 g/mol. The highest BCUT2D eigenvalue weighted by Crippen LogP contribution is 2.43. The fourth-order valence-corrected chi connectivity index (χ4v) is 11.4. The third-order valence-electron chi connectivity index (χ3n) is 7.65. The van der Waals surface area contributed by atoms with Gasteiger partial charge in [-0.25, -0.2) is 0 Å². The maximum atomic E-state index is 12.1. The summed E-state index contributed by atoms with van der Waals surface area (Å²) in [7, 11) is -2.25. The molecule has 0 rings (SSSR count). The van der Waals surface area contributed by atoms with Crippen LogP contribution >= 0.6 is 0 Å². The van der Waals surface area contributed by atoms with Crippen molar-refractivity contribution in [3.05, 3.63) is 12.2 Å². The second-order valence-electron chi connectivity index (χ2n) is 13.4. The molecular formula is C33H64O6Si. The van der Waals surface area contributed by atoms with E-state index in [-0.39, 0.29) is 24.1 Å². The molecule has 0 heterocycles. The molecule has 0 unspecified atom stereocenters. The summed E-state index contributed by atoms with van der Waals surface area (Å²) in [6, 6.07) is 0. The fourth-order valence-electron chi connectivity index (χ4n) is 5.86. The van der Waals surface area contributed by atoms with E-state index in [0.717, 1.165) is 57.8 Å². The van der Waals surface area contributed by atoms with Gasteiger partial charge in [0.15, 0.2) is 0 Å². The molecule has 0 aliphatic rings. The molecule has 0 saturated heterocycles. The van der Waals surface area contributed by atoms with Gasteiger partial charge in [-0.15, -0.1) is 0 Å². The number of aliphatic hydroxyl groups excluding tert-OH is 1.